The summed E-state index contributed by atoms with van der Waals surface area (Å²) in [5.74, 6) is -2.31. The number of esters is 1. The third kappa shape index (κ3) is 7.53. The Labute approximate surface area is 163 Å². The van der Waals surface area contributed by atoms with Gasteiger partial charge in [-0.25, -0.2) is 9.59 Å². The van der Waals surface area contributed by atoms with Crippen LogP contribution in [-0.4, -0.2) is 30.4 Å². The van der Waals surface area contributed by atoms with Crippen molar-refractivity contribution in [3.05, 3.63) is 65.7 Å². The number of benzene rings is 2. The van der Waals surface area contributed by atoms with Crippen molar-refractivity contribution in [2.75, 3.05) is 0 Å². The molecule has 29 heavy (non-hydrogen) atoms. The Morgan fingerprint density at radius 3 is 2.21 bits per heavy atom. The Balaban J connectivity index is 1.82. The molecule has 2 N–H and O–H groups in total. The Hall–Kier alpha value is -3.56. The number of hydrogen-bond acceptors (Lipinski definition) is 5. The van der Waals surface area contributed by atoms with Crippen LogP contribution in [0, 0.1) is 0 Å². The van der Waals surface area contributed by atoms with E-state index in [0.717, 1.165) is 29.8 Å². The fourth-order valence-electron chi connectivity index (χ4n) is 2.11. The van der Waals surface area contributed by atoms with E-state index in [1.54, 1.807) is 24.3 Å². The lowest BCUT2D eigenvalue weighted by Crippen LogP contribution is -2.44. The lowest BCUT2D eigenvalue weighted by atomic mass is 10.2. The topological polar surface area (TPSA) is 93.7 Å². The van der Waals surface area contributed by atoms with E-state index in [1.165, 1.54) is 6.92 Å². The Morgan fingerprint density at radius 1 is 1.00 bits per heavy atom. The molecule has 0 bridgehead atoms. The highest BCUT2D eigenvalue weighted by Crippen LogP contribution is 2.23. The van der Waals surface area contributed by atoms with Gasteiger partial charge in [-0.15, -0.1) is 13.2 Å². The lowest BCUT2D eigenvalue weighted by Gasteiger charge is -2.14. The van der Waals surface area contributed by atoms with Gasteiger partial charge in [0.15, 0.2) is 6.10 Å². The Morgan fingerprint density at radius 2 is 1.62 bits per heavy atom. The maximum absolute atomic E-state index is 12.1. The quantitative estimate of drug-likeness (QED) is 0.714. The molecular formula is C19H17F3N2O5. The number of imide groups is 1. The molecule has 0 unspecified atom stereocenters. The summed E-state index contributed by atoms with van der Waals surface area (Å²) in [5, 5.41) is 4.51. The zero-order valence-electron chi connectivity index (χ0n) is 15.2. The molecule has 0 saturated heterocycles. The van der Waals surface area contributed by atoms with Crippen molar-refractivity contribution in [3.63, 3.8) is 0 Å². The van der Waals surface area contributed by atoms with Gasteiger partial charge in [0.25, 0.3) is 5.91 Å². The maximum Gasteiger partial charge on any atom is 0.573 e. The van der Waals surface area contributed by atoms with Gasteiger partial charge in [0.2, 0.25) is 0 Å². The van der Waals surface area contributed by atoms with Gasteiger partial charge >= 0.3 is 18.4 Å². The van der Waals surface area contributed by atoms with E-state index >= 15 is 0 Å². The minimum absolute atomic E-state index is 0.0901. The molecule has 3 amide bonds. The third-order valence-corrected chi connectivity index (χ3v) is 3.51. The van der Waals surface area contributed by atoms with Gasteiger partial charge in [-0.1, -0.05) is 30.3 Å². The molecule has 7 nitrogen and oxygen atoms in total. The molecule has 2 aromatic carbocycles. The molecule has 0 fully saturated rings. The van der Waals surface area contributed by atoms with Crippen LogP contribution in [0.4, 0.5) is 18.0 Å². The van der Waals surface area contributed by atoms with Gasteiger partial charge in [0.05, 0.1) is 5.56 Å². The molecule has 0 spiro atoms. The number of urea groups is 1. The molecule has 0 aliphatic heterocycles. The molecule has 154 valence electrons. The number of nitrogens with one attached hydrogen (secondary N) is 2. The van der Waals surface area contributed by atoms with Crippen LogP contribution in [0.5, 0.6) is 5.75 Å². The second-order valence-electron chi connectivity index (χ2n) is 5.78. The van der Waals surface area contributed by atoms with Crippen molar-refractivity contribution in [3.8, 4) is 5.75 Å². The molecule has 0 radical (unpaired) electrons. The van der Waals surface area contributed by atoms with Gasteiger partial charge in [-0.2, -0.15) is 0 Å². The van der Waals surface area contributed by atoms with Gasteiger partial charge < -0.3 is 14.8 Å². The smallest absolute Gasteiger partial charge is 0.449 e. The van der Waals surface area contributed by atoms with Crippen molar-refractivity contribution in [1.82, 2.24) is 10.6 Å². The monoisotopic (exact) mass is 410 g/mol. The van der Waals surface area contributed by atoms with E-state index in [0.29, 0.717) is 0 Å². The average Bonchev–Trinajstić information content (AvgIpc) is 2.66. The highest BCUT2D eigenvalue weighted by atomic mass is 19.4. The molecule has 0 aliphatic rings. The summed E-state index contributed by atoms with van der Waals surface area (Å²) >= 11 is 0. The van der Waals surface area contributed by atoms with Gasteiger partial charge in [-0.3, -0.25) is 10.1 Å². The van der Waals surface area contributed by atoms with Crippen LogP contribution in [0.2, 0.25) is 0 Å². The maximum atomic E-state index is 12.1. The molecule has 0 heterocycles. The largest absolute Gasteiger partial charge is 0.573 e. The van der Waals surface area contributed by atoms with E-state index < -0.39 is 36.1 Å². The number of carbonyl (C=O) groups excluding carboxylic acids is 3. The van der Waals surface area contributed by atoms with Crippen LogP contribution in [0.25, 0.3) is 0 Å². The second kappa shape index (κ2) is 9.58. The van der Waals surface area contributed by atoms with Crippen LogP contribution >= 0.6 is 0 Å². The highest BCUT2D eigenvalue weighted by molar-refractivity contribution is 5.98. The summed E-state index contributed by atoms with van der Waals surface area (Å²) in [6, 6.07) is 12.2. The van der Waals surface area contributed by atoms with Gasteiger partial charge in [0, 0.05) is 6.54 Å². The first-order valence-corrected chi connectivity index (χ1v) is 8.33. The third-order valence-electron chi connectivity index (χ3n) is 3.51. The Bertz CT molecular complexity index is 854. The summed E-state index contributed by atoms with van der Waals surface area (Å²) < 4.78 is 45.0. The van der Waals surface area contributed by atoms with E-state index in [9.17, 15) is 27.6 Å². The second-order valence-corrected chi connectivity index (χ2v) is 5.78. The Kier molecular flexibility index (Phi) is 7.18. The van der Waals surface area contributed by atoms with Crippen LogP contribution < -0.4 is 15.4 Å². The fourth-order valence-corrected chi connectivity index (χ4v) is 2.11. The number of ether oxygens (including phenoxy) is 2. The van der Waals surface area contributed by atoms with Crippen molar-refractivity contribution >= 4 is 17.9 Å². The molecule has 0 aliphatic carbocycles. The normalized spacial score (nSPS) is 11.9. The van der Waals surface area contributed by atoms with Crippen molar-refractivity contribution in [2.45, 2.75) is 25.9 Å². The number of carbonyl (C=O) groups is 3. The first kappa shape index (κ1) is 21.7. The van der Waals surface area contributed by atoms with E-state index in [1.807, 2.05) is 11.4 Å². The number of alkyl halides is 3. The molecule has 0 aromatic heterocycles. The van der Waals surface area contributed by atoms with Crippen molar-refractivity contribution in [1.29, 1.82) is 0 Å². The zero-order chi connectivity index (χ0) is 21.4. The van der Waals surface area contributed by atoms with E-state index in [4.69, 9.17) is 4.74 Å². The van der Waals surface area contributed by atoms with Crippen molar-refractivity contribution < 1.29 is 37.0 Å². The van der Waals surface area contributed by atoms with E-state index in [2.05, 4.69) is 10.1 Å². The number of hydrogen-bond donors (Lipinski definition) is 2. The predicted molar refractivity (Wildman–Crippen MR) is 94.8 cm³/mol. The fraction of sp³-hybridized carbons (Fsp3) is 0.211. The summed E-state index contributed by atoms with van der Waals surface area (Å²) in [6.07, 6.45) is -6.16. The molecule has 2 aromatic rings. The predicted octanol–water partition coefficient (Wildman–Crippen LogP) is 3.16. The molecule has 2 rings (SSSR count). The summed E-state index contributed by atoms with van der Waals surface area (Å²) in [4.78, 5) is 35.7. The lowest BCUT2D eigenvalue weighted by molar-refractivity contribution is -0.274. The van der Waals surface area contributed by atoms with Crippen LogP contribution in [0.1, 0.15) is 22.8 Å². The van der Waals surface area contributed by atoms with Gasteiger partial charge in [-0.05, 0) is 36.8 Å². The number of rotatable bonds is 6. The van der Waals surface area contributed by atoms with Gasteiger partial charge in [0.1, 0.15) is 5.75 Å². The minimum Gasteiger partial charge on any atom is -0.449 e. The summed E-state index contributed by atoms with van der Waals surface area (Å²) in [5.41, 5.74) is 0.736. The molecule has 1 atom stereocenters. The first-order valence-electron chi connectivity index (χ1n) is 8.33. The SMILES string of the molecule is C[C@H](OC(=O)c1ccc(OC(F)(F)F)cc1)C(=O)NC(=O)NCc1ccccc1. The van der Waals surface area contributed by atoms with E-state index in [-0.39, 0.29) is 12.1 Å². The number of halogens is 3. The first-order chi connectivity index (χ1) is 13.6. The summed E-state index contributed by atoms with van der Waals surface area (Å²) in [7, 11) is 0. The van der Waals surface area contributed by atoms with Crippen LogP contribution in [-0.2, 0) is 16.1 Å². The van der Waals surface area contributed by atoms with Crippen LogP contribution in [0.3, 0.4) is 0 Å². The average molecular weight is 410 g/mol. The highest BCUT2D eigenvalue weighted by Gasteiger charge is 2.31. The molecule has 10 heteroatoms. The zero-order valence-corrected chi connectivity index (χ0v) is 15.2. The standard InChI is InChI=1S/C19H17F3N2O5/c1-12(16(25)24-18(27)23-11-13-5-3-2-4-6-13)28-17(26)14-7-9-15(10-8-14)29-19(20,21)22/h2-10,12H,11H2,1H3,(H2,23,24,25,27)/t12-/m0/s1. The van der Waals surface area contributed by atoms with Crippen LogP contribution in [0.15, 0.2) is 54.6 Å². The summed E-state index contributed by atoms with van der Waals surface area (Å²) in [6.45, 7) is 1.44. The van der Waals surface area contributed by atoms with Crippen molar-refractivity contribution in [2.24, 2.45) is 0 Å². The molecule has 0 saturated carbocycles. The number of amides is 3. The molecular weight excluding hydrogens is 393 g/mol. The minimum atomic E-state index is -4.85.